The van der Waals surface area contributed by atoms with Crippen molar-refractivity contribution in [3.05, 3.63) is 120 Å². The monoisotopic (exact) mass is 456 g/mol. The third-order valence-corrected chi connectivity index (χ3v) is 4.77. The van der Waals surface area contributed by atoms with Crippen LogP contribution in [-0.4, -0.2) is 19.9 Å². The van der Waals surface area contributed by atoms with E-state index in [0.717, 1.165) is 25.0 Å². The van der Waals surface area contributed by atoms with Crippen LogP contribution in [0.25, 0.3) is 0 Å². The van der Waals surface area contributed by atoms with Crippen LogP contribution >= 0.6 is 0 Å². The average Bonchev–Trinajstić information content (AvgIpc) is 2.92. The molecule has 0 spiro atoms. The molecule has 4 nitrogen and oxygen atoms in total. The Kier molecular flexibility index (Phi) is 17.0. The average molecular weight is 457 g/mol. The van der Waals surface area contributed by atoms with Crippen molar-refractivity contribution in [2.24, 2.45) is 0 Å². The van der Waals surface area contributed by atoms with Crippen molar-refractivity contribution in [2.75, 3.05) is 0 Å². The Morgan fingerprint density at radius 3 is 1.32 bits per heavy atom. The summed E-state index contributed by atoms with van der Waals surface area (Å²) in [6.45, 7) is 8.58. The first kappa shape index (κ1) is 28.6. The van der Waals surface area contributed by atoms with Crippen LogP contribution in [0, 0.1) is 0 Å². The predicted octanol–water partition coefficient (Wildman–Crippen LogP) is 7.36. The van der Waals surface area contributed by atoms with Gasteiger partial charge in [-0.05, 0) is 85.3 Å². The van der Waals surface area contributed by atoms with Gasteiger partial charge in [-0.25, -0.2) is 0 Å². The molecule has 180 valence electrons. The van der Waals surface area contributed by atoms with Gasteiger partial charge in [-0.3, -0.25) is 19.9 Å². The smallest absolute Gasteiger partial charge is 0.0403 e. The van der Waals surface area contributed by atoms with E-state index in [1.54, 1.807) is 0 Å². The van der Waals surface area contributed by atoms with Crippen molar-refractivity contribution >= 4 is 0 Å². The molecule has 0 radical (unpaired) electrons. The van der Waals surface area contributed by atoms with Crippen molar-refractivity contribution in [1.82, 2.24) is 19.9 Å². The summed E-state index contributed by atoms with van der Waals surface area (Å²) in [6.07, 6.45) is 17.8. The molecule has 0 fully saturated rings. The summed E-state index contributed by atoms with van der Waals surface area (Å²) < 4.78 is 0. The van der Waals surface area contributed by atoms with Crippen molar-refractivity contribution in [1.29, 1.82) is 0 Å². The van der Waals surface area contributed by atoms with E-state index in [0.29, 0.717) is 0 Å². The van der Waals surface area contributed by atoms with Crippen LogP contribution in [-0.2, 0) is 25.7 Å². The highest BCUT2D eigenvalue weighted by Gasteiger charge is 1.87. The van der Waals surface area contributed by atoms with Gasteiger partial charge >= 0.3 is 0 Å². The highest BCUT2D eigenvalue weighted by molar-refractivity contribution is 5.09. The largest absolute Gasteiger partial charge is 0.265 e. The third kappa shape index (κ3) is 14.6. The first-order chi connectivity index (χ1) is 16.7. The van der Waals surface area contributed by atoms with E-state index >= 15 is 0 Å². The SMILES string of the molecule is CCCc1ccccn1.CCCc1ccncc1.CCc1ccccn1.CCc1ccncc1. The fraction of sp³-hybridized carbons (Fsp3) is 0.333. The molecule has 0 aliphatic rings. The van der Waals surface area contributed by atoms with Crippen molar-refractivity contribution in [2.45, 2.75) is 66.2 Å². The second kappa shape index (κ2) is 20.2. The summed E-state index contributed by atoms with van der Waals surface area (Å²) in [5.74, 6) is 0. The zero-order chi connectivity index (χ0) is 24.7. The van der Waals surface area contributed by atoms with Gasteiger partial charge in [0, 0.05) is 48.6 Å². The molecule has 4 heterocycles. The van der Waals surface area contributed by atoms with Gasteiger partial charge in [0.05, 0.1) is 0 Å². The lowest BCUT2D eigenvalue weighted by Crippen LogP contribution is -1.84. The summed E-state index contributed by atoms with van der Waals surface area (Å²) in [5.41, 5.74) is 5.08. The molecule has 0 unspecified atom stereocenters. The normalized spacial score (nSPS) is 9.29. The van der Waals surface area contributed by atoms with Crippen molar-refractivity contribution in [3.8, 4) is 0 Å². The zero-order valence-electron chi connectivity index (χ0n) is 21.3. The Morgan fingerprint density at radius 2 is 0.971 bits per heavy atom. The second-order valence-corrected chi connectivity index (χ2v) is 7.56. The van der Waals surface area contributed by atoms with Gasteiger partial charge in [-0.1, -0.05) is 52.7 Å². The lowest BCUT2D eigenvalue weighted by molar-refractivity contribution is 0.883. The van der Waals surface area contributed by atoms with Gasteiger partial charge in [0.15, 0.2) is 0 Å². The number of aryl methyl sites for hydroxylation is 4. The van der Waals surface area contributed by atoms with E-state index < -0.39 is 0 Å². The maximum absolute atomic E-state index is 4.17. The fourth-order valence-corrected chi connectivity index (χ4v) is 2.87. The summed E-state index contributed by atoms with van der Waals surface area (Å²) in [5, 5.41) is 0. The molecule has 0 atom stereocenters. The summed E-state index contributed by atoms with van der Waals surface area (Å²) >= 11 is 0. The molecule has 0 aromatic carbocycles. The molecule has 0 aliphatic heterocycles. The lowest BCUT2D eigenvalue weighted by atomic mass is 10.2. The van der Waals surface area contributed by atoms with E-state index in [2.05, 4.69) is 65.8 Å². The predicted molar refractivity (Wildman–Crippen MR) is 144 cm³/mol. The second-order valence-electron chi connectivity index (χ2n) is 7.56. The van der Waals surface area contributed by atoms with Crippen LogP contribution in [0.4, 0.5) is 0 Å². The summed E-state index contributed by atoms with van der Waals surface area (Å²) in [7, 11) is 0. The maximum Gasteiger partial charge on any atom is 0.0403 e. The molecule has 34 heavy (non-hydrogen) atoms. The number of nitrogens with zero attached hydrogens (tertiary/aromatic N) is 4. The van der Waals surface area contributed by atoms with Crippen molar-refractivity contribution in [3.63, 3.8) is 0 Å². The van der Waals surface area contributed by atoms with Gasteiger partial charge < -0.3 is 0 Å². The van der Waals surface area contributed by atoms with Crippen molar-refractivity contribution < 1.29 is 0 Å². The fourth-order valence-electron chi connectivity index (χ4n) is 2.87. The first-order valence-electron chi connectivity index (χ1n) is 12.3. The standard InChI is InChI=1S/2C8H11N.2C7H9N/c1-2-5-8-6-3-4-7-9-8;1-2-3-8-4-6-9-7-5-8;1-2-7-3-5-8-6-4-7;1-2-7-5-3-4-6-8-7/h3-4,6-7H,2,5H2,1H3;4-7H,2-3H2,1H3;2*3-6H,2H2,1H3. The number of pyridine rings is 4. The minimum absolute atomic E-state index is 1.03. The quantitative estimate of drug-likeness (QED) is 0.304. The number of hydrogen-bond donors (Lipinski definition) is 0. The Balaban J connectivity index is 0.000000227. The lowest BCUT2D eigenvalue weighted by Gasteiger charge is -1.93. The molecule has 0 bridgehead atoms. The molecular weight excluding hydrogens is 416 g/mol. The van der Waals surface area contributed by atoms with Crippen LogP contribution in [0.5, 0.6) is 0 Å². The molecule has 0 amide bonds. The topological polar surface area (TPSA) is 51.6 Å². The molecule has 0 saturated heterocycles. The number of rotatable bonds is 6. The number of hydrogen-bond acceptors (Lipinski definition) is 4. The van der Waals surface area contributed by atoms with Gasteiger partial charge in [-0.2, -0.15) is 0 Å². The van der Waals surface area contributed by atoms with Crippen LogP contribution < -0.4 is 0 Å². The minimum atomic E-state index is 1.03. The molecule has 0 aliphatic carbocycles. The number of aromatic nitrogens is 4. The van der Waals surface area contributed by atoms with Gasteiger partial charge in [0.25, 0.3) is 0 Å². The van der Waals surface area contributed by atoms with E-state index in [4.69, 9.17) is 0 Å². The maximum atomic E-state index is 4.17. The summed E-state index contributed by atoms with van der Waals surface area (Å²) in [6, 6.07) is 20.2. The Morgan fingerprint density at radius 1 is 0.471 bits per heavy atom. The Labute approximate surface area is 206 Å². The zero-order valence-corrected chi connectivity index (χ0v) is 21.3. The minimum Gasteiger partial charge on any atom is -0.265 e. The van der Waals surface area contributed by atoms with Crippen LogP contribution in [0.2, 0.25) is 0 Å². The molecule has 4 heteroatoms. The molecule has 4 rings (SSSR count). The van der Waals surface area contributed by atoms with Gasteiger partial charge in [0.1, 0.15) is 0 Å². The Hall–Kier alpha value is -3.40. The molecule has 0 N–H and O–H groups in total. The van der Waals surface area contributed by atoms with Gasteiger partial charge in [-0.15, -0.1) is 0 Å². The third-order valence-electron chi connectivity index (χ3n) is 4.77. The van der Waals surface area contributed by atoms with Gasteiger partial charge in [0.2, 0.25) is 0 Å². The van der Waals surface area contributed by atoms with E-state index in [1.165, 1.54) is 36.1 Å². The van der Waals surface area contributed by atoms with Crippen LogP contribution in [0.3, 0.4) is 0 Å². The Bertz CT molecular complexity index is 849. The van der Waals surface area contributed by atoms with Crippen LogP contribution in [0.15, 0.2) is 97.8 Å². The molecule has 0 saturated carbocycles. The van der Waals surface area contributed by atoms with E-state index in [-0.39, 0.29) is 0 Å². The highest BCUT2D eigenvalue weighted by atomic mass is 14.7. The molecular formula is C30H40N4. The molecule has 4 aromatic rings. The summed E-state index contributed by atoms with van der Waals surface area (Å²) in [4.78, 5) is 16.1. The molecule has 4 aromatic heterocycles. The van der Waals surface area contributed by atoms with E-state index in [1.807, 2.05) is 79.6 Å². The van der Waals surface area contributed by atoms with E-state index in [9.17, 15) is 0 Å². The first-order valence-corrected chi connectivity index (χ1v) is 12.3. The highest BCUT2D eigenvalue weighted by Crippen LogP contribution is 1.99. The van der Waals surface area contributed by atoms with Crippen LogP contribution in [0.1, 0.15) is 63.1 Å².